The van der Waals surface area contributed by atoms with Crippen molar-refractivity contribution in [3.05, 3.63) is 42.2 Å². The largest absolute Gasteiger partial charge is 0.463 e. The van der Waals surface area contributed by atoms with Crippen LogP contribution in [0.4, 0.5) is 10.1 Å². The van der Waals surface area contributed by atoms with Gasteiger partial charge in [-0.05, 0) is 19.1 Å². The quantitative estimate of drug-likeness (QED) is 0.634. The Morgan fingerprint density at radius 2 is 1.76 bits per heavy atom. The standard InChI is InChI=1S/C14H14FNO5/c1-2-20-13(18)7-8-14(19)21-9-12(17)16-11-6-4-3-5-10(11)15/h3-8H,2,9H2,1H3,(H,16,17)/b8-7+. The summed E-state index contributed by atoms with van der Waals surface area (Å²) in [7, 11) is 0. The van der Waals surface area contributed by atoms with E-state index in [9.17, 15) is 18.8 Å². The highest BCUT2D eigenvalue weighted by atomic mass is 19.1. The number of nitrogens with one attached hydrogen (secondary N) is 1. The molecular formula is C14H14FNO5. The summed E-state index contributed by atoms with van der Waals surface area (Å²) >= 11 is 0. The number of halogens is 1. The molecular weight excluding hydrogens is 281 g/mol. The third kappa shape index (κ3) is 6.33. The number of ether oxygens (including phenoxy) is 2. The highest BCUT2D eigenvalue weighted by Crippen LogP contribution is 2.11. The number of carbonyl (C=O) groups excluding carboxylic acids is 3. The minimum Gasteiger partial charge on any atom is -0.463 e. The molecule has 0 aromatic heterocycles. The van der Waals surface area contributed by atoms with Gasteiger partial charge in [0.1, 0.15) is 5.82 Å². The molecule has 0 saturated carbocycles. The Kier molecular flexibility index (Phi) is 6.59. The lowest BCUT2D eigenvalue weighted by molar-refractivity contribution is -0.143. The summed E-state index contributed by atoms with van der Waals surface area (Å²) in [5.74, 6) is -2.87. The molecule has 112 valence electrons. The van der Waals surface area contributed by atoms with Crippen LogP contribution in [0.3, 0.4) is 0 Å². The maximum atomic E-state index is 13.2. The highest BCUT2D eigenvalue weighted by Gasteiger charge is 2.08. The lowest BCUT2D eigenvalue weighted by Gasteiger charge is -2.05. The van der Waals surface area contributed by atoms with Gasteiger partial charge in [-0.2, -0.15) is 0 Å². The molecule has 0 heterocycles. The van der Waals surface area contributed by atoms with E-state index >= 15 is 0 Å². The van der Waals surface area contributed by atoms with E-state index in [0.29, 0.717) is 0 Å². The average Bonchev–Trinajstić information content (AvgIpc) is 2.46. The summed E-state index contributed by atoms with van der Waals surface area (Å²) in [6, 6.07) is 5.58. The fourth-order valence-electron chi connectivity index (χ4n) is 1.26. The van der Waals surface area contributed by atoms with Crippen LogP contribution < -0.4 is 5.32 Å². The maximum absolute atomic E-state index is 13.2. The molecule has 1 aromatic carbocycles. The van der Waals surface area contributed by atoms with Gasteiger partial charge >= 0.3 is 11.9 Å². The average molecular weight is 295 g/mol. The molecule has 0 atom stereocenters. The number of carbonyl (C=O) groups is 3. The van der Waals surface area contributed by atoms with Crippen LogP contribution >= 0.6 is 0 Å². The van der Waals surface area contributed by atoms with Crippen LogP contribution in [0.5, 0.6) is 0 Å². The van der Waals surface area contributed by atoms with Crippen molar-refractivity contribution in [1.29, 1.82) is 0 Å². The van der Waals surface area contributed by atoms with Crippen LogP contribution in [-0.4, -0.2) is 31.1 Å². The fraction of sp³-hybridized carbons (Fsp3) is 0.214. The molecule has 1 amide bonds. The number of para-hydroxylation sites is 1. The fourth-order valence-corrected chi connectivity index (χ4v) is 1.26. The van der Waals surface area contributed by atoms with Gasteiger partial charge in [0, 0.05) is 12.2 Å². The Bertz CT molecular complexity index is 556. The zero-order valence-electron chi connectivity index (χ0n) is 11.3. The number of hydrogen-bond donors (Lipinski definition) is 1. The Morgan fingerprint density at radius 1 is 1.14 bits per heavy atom. The second-order valence-corrected chi connectivity index (χ2v) is 3.72. The van der Waals surface area contributed by atoms with Crippen molar-refractivity contribution < 1.29 is 28.2 Å². The summed E-state index contributed by atoms with van der Waals surface area (Å²) < 4.78 is 22.4. The molecule has 0 bridgehead atoms. The number of esters is 2. The van der Waals surface area contributed by atoms with E-state index in [0.717, 1.165) is 12.2 Å². The van der Waals surface area contributed by atoms with Gasteiger partial charge in [-0.25, -0.2) is 14.0 Å². The van der Waals surface area contributed by atoms with Crippen molar-refractivity contribution in [2.45, 2.75) is 6.92 Å². The molecule has 0 unspecified atom stereocenters. The Balaban J connectivity index is 2.38. The molecule has 1 rings (SSSR count). The Morgan fingerprint density at radius 3 is 2.38 bits per heavy atom. The summed E-state index contributed by atoms with van der Waals surface area (Å²) in [4.78, 5) is 33.6. The highest BCUT2D eigenvalue weighted by molar-refractivity contribution is 5.95. The van der Waals surface area contributed by atoms with Crippen LogP contribution in [0.2, 0.25) is 0 Å². The Labute approximate surface area is 120 Å². The summed E-state index contributed by atoms with van der Waals surface area (Å²) in [6.45, 7) is 1.21. The number of rotatable bonds is 6. The smallest absolute Gasteiger partial charge is 0.331 e. The second kappa shape index (κ2) is 8.47. The molecule has 0 saturated heterocycles. The predicted molar refractivity (Wildman–Crippen MR) is 71.8 cm³/mol. The van der Waals surface area contributed by atoms with E-state index in [-0.39, 0.29) is 12.3 Å². The Hall–Kier alpha value is -2.70. The van der Waals surface area contributed by atoms with Crippen molar-refractivity contribution >= 4 is 23.5 Å². The molecule has 0 aliphatic carbocycles. The third-order valence-electron chi connectivity index (χ3n) is 2.14. The van der Waals surface area contributed by atoms with Gasteiger partial charge in [-0.15, -0.1) is 0 Å². The van der Waals surface area contributed by atoms with Crippen molar-refractivity contribution in [3.8, 4) is 0 Å². The van der Waals surface area contributed by atoms with Crippen molar-refractivity contribution in [1.82, 2.24) is 0 Å². The van der Waals surface area contributed by atoms with Crippen molar-refractivity contribution in [3.63, 3.8) is 0 Å². The minimum absolute atomic E-state index is 0.0133. The van der Waals surface area contributed by atoms with Crippen LogP contribution in [0.25, 0.3) is 0 Å². The van der Waals surface area contributed by atoms with E-state index in [2.05, 4.69) is 14.8 Å². The van der Waals surface area contributed by atoms with Gasteiger partial charge in [0.05, 0.1) is 12.3 Å². The normalized spacial score (nSPS) is 10.2. The zero-order valence-corrected chi connectivity index (χ0v) is 11.3. The lowest BCUT2D eigenvalue weighted by Crippen LogP contribution is -2.20. The lowest BCUT2D eigenvalue weighted by atomic mass is 10.3. The van der Waals surface area contributed by atoms with Gasteiger partial charge in [0.25, 0.3) is 5.91 Å². The number of amides is 1. The predicted octanol–water partition coefficient (Wildman–Crippen LogP) is 1.43. The van der Waals surface area contributed by atoms with Gasteiger partial charge in [0.15, 0.2) is 6.61 Å². The molecule has 0 aliphatic rings. The zero-order chi connectivity index (χ0) is 15.7. The SMILES string of the molecule is CCOC(=O)/C=C/C(=O)OCC(=O)Nc1ccccc1F. The topological polar surface area (TPSA) is 81.7 Å². The molecule has 0 radical (unpaired) electrons. The van der Waals surface area contributed by atoms with Gasteiger partial charge in [0.2, 0.25) is 0 Å². The molecule has 0 aliphatic heterocycles. The molecule has 1 aromatic rings. The van der Waals surface area contributed by atoms with Crippen LogP contribution in [-0.2, 0) is 23.9 Å². The van der Waals surface area contributed by atoms with E-state index in [1.165, 1.54) is 18.2 Å². The number of benzene rings is 1. The third-order valence-corrected chi connectivity index (χ3v) is 2.14. The second-order valence-electron chi connectivity index (χ2n) is 3.72. The van der Waals surface area contributed by atoms with Crippen molar-refractivity contribution in [2.24, 2.45) is 0 Å². The van der Waals surface area contributed by atoms with Crippen molar-refractivity contribution in [2.75, 3.05) is 18.5 Å². The number of hydrogen-bond acceptors (Lipinski definition) is 5. The van der Waals surface area contributed by atoms with E-state index in [1.54, 1.807) is 13.0 Å². The van der Waals surface area contributed by atoms with E-state index < -0.39 is 30.3 Å². The first-order chi connectivity index (χ1) is 10.0. The molecule has 7 heteroatoms. The first-order valence-electron chi connectivity index (χ1n) is 6.09. The maximum Gasteiger partial charge on any atom is 0.331 e. The number of anilines is 1. The summed E-state index contributed by atoms with van der Waals surface area (Å²) in [5, 5.41) is 2.24. The van der Waals surface area contributed by atoms with Gasteiger partial charge in [-0.1, -0.05) is 12.1 Å². The first-order valence-corrected chi connectivity index (χ1v) is 6.09. The summed E-state index contributed by atoms with van der Waals surface area (Å²) in [5.41, 5.74) is -0.0133. The molecule has 0 fully saturated rings. The van der Waals surface area contributed by atoms with E-state index in [4.69, 9.17) is 0 Å². The van der Waals surface area contributed by atoms with Gasteiger partial charge in [-0.3, -0.25) is 4.79 Å². The van der Waals surface area contributed by atoms with Crippen LogP contribution in [0.15, 0.2) is 36.4 Å². The summed E-state index contributed by atoms with van der Waals surface area (Å²) in [6.07, 6.45) is 1.73. The molecule has 21 heavy (non-hydrogen) atoms. The van der Waals surface area contributed by atoms with Crippen LogP contribution in [0.1, 0.15) is 6.92 Å². The molecule has 1 N–H and O–H groups in total. The first kappa shape index (κ1) is 16.4. The molecule has 6 nitrogen and oxygen atoms in total. The monoisotopic (exact) mass is 295 g/mol. The van der Waals surface area contributed by atoms with E-state index in [1.807, 2.05) is 0 Å². The molecule has 0 spiro atoms. The van der Waals surface area contributed by atoms with Gasteiger partial charge < -0.3 is 14.8 Å². The minimum atomic E-state index is -0.883. The van der Waals surface area contributed by atoms with Crippen LogP contribution in [0, 0.1) is 5.82 Å².